The van der Waals surface area contributed by atoms with Crippen molar-refractivity contribution < 1.29 is 19.2 Å². The molecule has 1 atom stereocenters. The first-order valence-electron chi connectivity index (χ1n) is 5.22. The second-order valence-electron chi connectivity index (χ2n) is 3.49. The predicted octanol–water partition coefficient (Wildman–Crippen LogP) is 1.19. The summed E-state index contributed by atoms with van der Waals surface area (Å²) in [6.45, 7) is 2.98. The van der Waals surface area contributed by atoms with Crippen molar-refractivity contribution in [2.75, 3.05) is 0 Å². The number of hydrogen-bond donors (Lipinski definition) is 1. The maximum atomic E-state index is 11.4. The molecule has 1 rings (SSSR count). The summed E-state index contributed by atoms with van der Waals surface area (Å²) in [4.78, 5) is 27.0. The van der Waals surface area contributed by atoms with Crippen molar-refractivity contribution in [2.45, 2.75) is 26.6 Å². The summed E-state index contributed by atoms with van der Waals surface area (Å²) < 4.78 is 4.68. The third-order valence-corrected chi connectivity index (χ3v) is 1.97. The largest absolute Gasteiger partial charge is 0.453 e. The van der Waals surface area contributed by atoms with Crippen LogP contribution in [0.3, 0.4) is 0 Å². The van der Waals surface area contributed by atoms with E-state index in [1.807, 2.05) is 30.3 Å². The van der Waals surface area contributed by atoms with Crippen LogP contribution < -0.4 is 5.48 Å². The third kappa shape index (κ3) is 5.12. The molecule has 1 unspecified atom stereocenters. The van der Waals surface area contributed by atoms with Gasteiger partial charge in [0, 0.05) is 6.92 Å². The summed E-state index contributed by atoms with van der Waals surface area (Å²) >= 11 is 0. The number of amides is 1. The van der Waals surface area contributed by atoms with Crippen molar-refractivity contribution >= 4 is 11.9 Å². The molecule has 0 spiro atoms. The van der Waals surface area contributed by atoms with Crippen LogP contribution in [0.2, 0.25) is 0 Å². The van der Waals surface area contributed by atoms with Crippen LogP contribution in [0.1, 0.15) is 19.4 Å². The van der Waals surface area contributed by atoms with Crippen molar-refractivity contribution in [3.63, 3.8) is 0 Å². The van der Waals surface area contributed by atoms with Crippen LogP contribution in [0.4, 0.5) is 0 Å². The van der Waals surface area contributed by atoms with Crippen LogP contribution in [-0.2, 0) is 25.8 Å². The predicted molar refractivity (Wildman–Crippen MR) is 60.6 cm³/mol. The molecule has 0 radical (unpaired) electrons. The van der Waals surface area contributed by atoms with E-state index in [0.29, 0.717) is 0 Å². The van der Waals surface area contributed by atoms with Crippen molar-refractivity contribution in [1.29, 1.82) is 0 Å². The Hall–Kier alpha value is -1.88. The van der Waals surface area contributed by atoms with Gasteiger partial charge in [-0.05, 0) is 12.5 Å². The van der Waals surface area contributed by atoms with Gasteiger partial charge in [-0.2, -0.15) is 0 Å². The van der Waals surface area contributed by atoms with E-state index in [9.17, 15) is 9.59 Å². The Morgan fingerprint density at radius 2 is 1.94 bits per heavy atom. The lowest BCUT2D eigenvalue weighted by Crippen LogP contribution is -2.35. The van der Waals surface area contributed by atoms with Crippen molar-refractivity contribution in [3.05, 3.63) is 35.9 Å². The van der Waals surface area contributed by atoms with Crippen LogP contribution >= 0.6 is 0 Å². The van der Waals surface area contributed by atoms with Crippen molar-refractivity contribution in [1.82, 2.24) is 5.48 Å². The van der Waals surface area contributed by atoms with E-state index in [4.69, 9.17) is 4.84 Å². The van der Waals surface area contributed by atoms with Gasteiger partial charge in [0.2, 0.25) is 0 Å². The molecular formula is C12H15NO4. The average molecular weight is 237 g/mol. The topological polar surface area (TPSA) is 64.6 Å². The van der Waals surface area contributed by atoms with Crippen LogP contribution in [0.15, 0.2) is 30.3 Å². The molecule has 0 aliphatic heterocycles. The molecule has 0 aromatic heterocycles. The number of esters is 1. The maximum absolute atomic E-state index is 11.4. The smallest absolute Gasteiger partial charge is 0.303 e. The normalized spacial score (nSPS) is 11.6. The van der Waals surface area contributed by atoms with Gasteiger partial charge in [-0.15, -0.1) is 0 Å². The number of benzene rings is 1. The first-order valence-corrected chi connectivity index (χ1v) is 5.22. The van der Waals surface area contributed by atoms with Gasteiger partial charge in [-0.3, -0.25) is 14.4 Å². The number of rotatable bonds is 5. The summed E-state index contributed by atoms with van der Waals surface area (Å²) in [5.74, 6) is -0.994. The highest BCUT2D eigenvalue weighted by Crippen LogP contribution is 1.99. The van der Waals surface area contributed by atoms with Gasteiger partial charge >= 0.3 is 5.97 Å². The molecule has 0 heterocycles. The van der Waals surface area contributed by atoms with E-state index < -0.39 is 18.0 Å². The Balaban J connectivity index is 2.27. The zero-order valence-electron chi connectivity index (χ0n) is 9.80. The number of hydrogen-bond acceptors (Lipinski definition) is 4. The van der Waals surface area contributed by atoms with Gasteiger partial charge in [0.25, 0.3) is 5.91 Å². The van der Waals surface area contributed by atoms with Gasteiger partial charge < -0.3 is 4.74 Å². The van der Waals surface area contributed by atoms with E-state index in [-0.39, 0.29) is 6.61 Å². The number of carbonyl (C=O) groups is 2. The molecule has 0 aliphatic rings. The minimum atomic E-state index is -0.858. The Labute approximate surface area is 99.7 Å². The van der Waals surface area contributed by atoms with Gasteiger partial charge in [0.05, 0.1) is 6.61 Å². The SMILES string of the molecule is CC(=O)OC(C)C(=O)NOCc1ccccc1. The molecule has 0 bridgehead atoms. The van der Waals surface area contributed by atoms with Gasteiger partial charge in [0.1, 0.15) is 0 Å². The summed E-state index contributed by atoms with van der Waals surface area (Å²) in [6.07, 6.45) is -0.858. The van der Waals surface area contributed by atoms with Crippen molar-refractivity contribution in [3.8, 4) is 0 Å². The lowest BCUT2D eigenvalue weighted by Gasteiger charge is -2.11. The monoisotopic (exact) mass is 237 g/mol. The van der Waals surface area contributed by atoms with Gasteiger partial charge in [-0.1, -0.05) is 30.3 Å². The molecule has 1 N–H and O–H groups in total. The lowest BCUT2D eigenvalue weighted by molar-refractivity contribution is -0.158. The fourth-order valence-electron chi connectivity index (χ4n) is 1.15. The lowest BCUT2D eigenvalue weighted by atomic mass is 10.2. The van der Waals surface area contributed by atoms with E-state index in [0.717, 1.165) is 5.56 Å². The molecule has 0 saturated heterocycles. The molecule has 0 fully saturated rings. The highest BCUT2D eigenvalue weighted by atomic mass is 16.7. The molecular weight excluding hydrogens is 222 g/mol. The number of hydroxylamine groups is 1. The standard InChI is InChI=1S/C12H15NO4/c1-9(17-10(2)14)12(15)13-16-8-11-6-4-3-5-7-11/h3-7,9H,8H2,1-2H3,(H,13,15). The van der Waals surface area contributed by atoms with E-state index in [1.165, 1.54) is 13.8 Å². The quantitative estimate of drug-likeness (QED) is 0.617. The molecule has 0 aliphatic carbocycles. The molecule has 0 saturated carbocycles. The molecule has 5 nitrogen and oxygen atoms in total. The maximum Gasteiger partial charge on any atom is 0.303 e. The number of nitrogens with one attached hydrogen (secondary N) is 1. The van der Waals surface area contributed by atoms with Gasteiger partial charge in [0.15, 0.2) is 6.10 Å². The van der Waals surface area contributed by atoms with Crippen LogP contribution in [0.25, 0.3) is 0 Å². The first-order chi connectivity index (χ1) is 8.09. The van der Waals surface area contributed by atoms with Crippen LogP contribution in [0, 0.1) is 0 Å². The summed E-state index contributed by atoms with van der Waals surface area (Å²) in [7, 11) is 0. The third-order valence-electron chi connectivity index (χ3n) is 1.97. The van der Waals surface area contributed by atoms with E-state index >= 15 is 0 Å². The van der Waals surface area contributed by atoms with E-state index in [1.54, 1.807) is 0 Å². The fourth-order valence-corrected chi connectivity index (χ4v) is 1.15. The van der Waals surface area contributed by atoms with Crippen LogP contribution in [-0.4, -0.2) is 18.0 Å². The second kappa shape index (κ2) is 6.65. The zero-order chi connectivity index (χ0) is 12.7. The zero-order valence-corrected chi connectivity index (χ0v) is 9.80. The number of carbonyl (C=O) groups excluding carboxylic acids is 2. The minimum Gasteiger partial charge on any atom is -0.453 e. The summed E-state index contributed by atoms with van der Waals surface area (Å²) in [5, 5.41) is 0. The molecule has 1 aromatic rings. The summed E-state index contributed by atoms with van der Waals surface area (Å²) in [6, 6.07) is 9.40. The molecule has 1 amide bonds. The average Bonchev–Trinajstić information content (AvgIpc) is 2.29. The Bertz CT molecular complexity index is 377. The molecule has 17 heavy (non-hydrogen) atoms. The second-order valence-corrected chi connectivity index (χ2v) is 3.49. The van der Waals surface area contributed by atoms with Crippen LogP contribution in [0.5, 0.6) is 0 Å². The van der Waals surface area contributed by atoms with E-state index in [2.05, 4.69) is 10.2 Å². The highest BCUT2D eigenvalue weighted by Gasteiger charge is 2.15. The molecule has 1 aromatic carbocycles. The minimum absolute atomic E-state index is 0.263. The summed E-state index contributed by atoms with van der Waals surface area (Å²) in [5.41, 5.74) is 3.16. The molecule has 5 heteroatoms. The van der Waals surface area contributed by atoms with Crippen molar-refractivity contribution in [2.24, 2.45) is 0 Å². The highest BCUT2D eigenvalue weighted by molar-refractivity contribution is 5.82. The Kier molecular flexibility index (Phi) is 5.16. The Morgan fingerprint density at radius 1 is 1.29 bits per heavy atom. The number of ether oxygens (including phenoxy) is 1. The molecule has 92 valence electrons. The first kappa shape index (κ1) is 13.2. The fraction of sp³-hybridized carbons (Fsp3) is 0.333. The van der Waals surface area contributed by atoms with Gasteiger partial charge in [-0.25, -0.2) is 5.48 Å². The Morgan fingerprint density at radius 3 is 2.53 bits per heavy atom.